The Morgan fingerprint density at radius 1 is 0.714 bits per heavy atom. The number of furan rings is 1. The Morgan fingerprint density at radius 3 is 2.34 bits per heavy atom. The van der Waals surface area contributed by atoms with Gasteiger partial charge >= 0.3 is 7.69 Å². The zero-order valence-corrected chi connectivity index (χ0v) is 19.6. The standard InChI is InChI=1S/C31H23BO3/c1-31(2)25-13-6-5-10-22(25)23-15-14-19(16-26(23)31)21-11-7-12-24-28-20-9-4-3-8-18(20)17-27(35-32-33)30(28)34-29(21)24/h3-17,32-33H,1-2H3. The first-order valence-electron chi connectivity index (χ1n) is 11.9. The topological polar surface area (TPSA) is 42.6 Å². The van der Waals surface area contributed by atoms with Crippen LogP contribution in [0.25, 0.3) is 55.0 Å². The molecule has 0 unspecified atom stereocenters. The van der Waals surface area contributed by atoms with Gasteiger partial charge in [0, 0.05) is 21.8 Å². The van der Waals surface area contributed by atoms with Crippen molar-refractivity contribution in [2.24, 2.45) is 0 Å². The Bertz CT molecular complexity index is 1790. The summed E-state index contributed by atoms with van der Waals surface area (Å²) in [7, 11) is -0.405. The minimum Gasteiger partial charge on any atom is -0.536 e. The number of hydrogen-bond donors (Lipinski definition) is 1. The summed E-state index contributed by atoms with van der Waals surface area (Å²) >= 11 is 0. The summed E-state index contributed by atoms with van der Waals surface area (Å²) in [6.07, 6.45) is 0. The predicted molar refractivity (Wildman–Crippen MR) is 144 cm³/mol. The Kier molecular flexibility index (Phi) is 4.21. The van der Waals surface area contributed by atoms with Gasteiger partial charge in [0.15, 0.2) is 5.58 Å². The molecule has 1 heterocycles. The molecule has 4 heteroatoms. The lowest BCUT2D eigenvalue weighted by Crippen LogP contribution is -2.14. The molecule has 168 valence electrons. The quantitative estimate of drug-likeness (QED) is 0.284. The Hall–Kier alpha value is -4.02. The van der Waals surface area contributed by atoms with Crippen molar-refractivity contribution in [3.63, 3.8) is 0 Å². The highest BCUT2D eigenvalue weighted by Gasteiger charge is 2.35. The summed E-state index contributed by atoms with van der Waals surface area (Å²) in [5.74, 6) is 0.550. The fourth-order valence-electron chi connectivity index (χ4n) is 5.89. The number of rotatable bonds is 3. The first-order chi connectivity index (χ1) is 17.1. The molecule has 1 aliphatic carbocycles. The second-order valence-corrected chi connectivity index (χ2v) is 9.79. The molecule has 1 aliphatic rings. The van der Waals surface area contributed by atoms with Crippen molar-refractivity contribution >= 4 is 40.4 Å². The average Bonchev–Trinajstić information content (AvgIpc) is 3.38. The van der Waals surface area contributed by atoms with Gasteiger partial charge in [-0.05, 0) is 50.7 Å². The van der Waals surface area contributed by atoms with Gasteiger partial charge in [0.1, 0.15) is 11.3 Å². The monoisotopic (exact) mass is 454 g/mol. The highest BCUT2D eigenvalue weighted by atomic mass is 16.5. The maximum Gasteiger partial charge on any atom is 0.504 e. The highest BCUT2D eigenvalue weighted by Crippen LogP contribution is 2.50. The molecule has 0 fully saturated rings. The van der Waals surface area contributed by atoms with Crippen molar-refractivity contribution in [2.75, 3.05) is 0 Å². The van der Waals surface area contributed by atoms with E-state index in [4.69, 9.17) is 9.07 Å². The van der Waals surface area contributed by atoms with E-state index in [1.807, 2.05) is 18.2 Å². The largest absolute Gasteiger partial charge is 0.536 e. The molecule has 6 aromatic rings. The SMILES string of the molecule is CC1(C)c2ccccc2-c2ccc(-c3cccc4c3oc3c(OBO)cc5ccccc5c34)cc21. The number of para-hydroxylation sites is 1. The maximum atomic E-state index is 9.51. The number of benzene rings is 5. The van der Waals surface area contributed by atoms with E-state index in [-0.39, 0.29) is 5.41 Å². The van der Waals surface area contributed by atoms with Crippen LogP contribution in [-0.2, 0) is 5.41 Å². The van der Waals surface area contributed by atoms with Crippen molar-refractivity contribution in [2.45, 2.75) is 19.3 Å². The minimum absolute atomic E-state index is 0.0674. The third kappa shape index (κ3) is 2.78. The highest BCUT2D eigenvalue weighted by molar-refractivity contribution is 6.24. The predicted octanol–water partition coefficient (Wildman–Crippen LogP) is 7.35. The third-order valence-electron chi connectivity index (χ3n) is 7.57. The van der Waals surface area contributed by atoms with Gasteiger partial charge in [0.25, 0.3) is 0 Å². The van der Waals surface area contributed by atoms with E-state index in [1.54, 1.807) is 0 Å². The van der Waals surface area contributed by atoms with Crippen LogP contribution < -0.4 is 4.65 Å². The van der Waals surface area contributed by atoms with E-state index in [2.05, 4.69) is 86.6 Å². The van der Waals surface area contributed by atoms with Gasteiger partial charge < -0.3 is 14.1 Å². The molecule has 0 bridgehead atoms. The molecule has 5 aromatic carbocycles. The minimum atomic E-state index is -0.405. The van der Waals surface area contributed by atoms with E-state index in [0.29, 0.717) is 11.3 Å². The van der Waals surface area contributed by atoms with E-state index in [0.717, 1.165) is 38.3 Å². The van der Waals surface area contributed by atoms with Crippen molar-refractivity contribution in [3.8, 4) is 28.0 Å². The van der Waals surface area contributed by atoms with Crippen LogP contribution in [0.2, 0.25) is 0 Å². The number of fused-ring (bicyclic) bond motifs is 8. The Balaban J connectivity index is 1.51. The van der Waals surface area contributed by atoms with E-state index in [9.17, 15) is 5.02 Å². The molecular weight excluding hydrogens is 431 g/mol. The number of hydrogen-bond acceptors (Lipinski definition) is 3. The van der Waals surface area contributed by atoms with Crippen molar-refractivity contribution < 1.29 is 14.1 Å². The van der Waals surface area contributed by atoms with Gasteiger partial charge in [-0.15, -0.1) is 0 Å². The lowest BCUT2D eigenvalue weighted by molar-refractivity contribution is 0.451. The van der Waals surface area contributed by atoms with Crippen LogP contribution in [0, 0.1) is 0 Å². The van der Waals surface area contributed by atoms with Gasteiger partial charge in [0.2, 0.25) is 0 Å². The second-order valence-electron chi connectivity index (χ2n) is 9.79. The molecule has 0 aliphatic heterocycles. The molecule has 1 N–H and O–H groups in total. The fourth-order valence-corrected chi connectivity index (χ4v) is 5.89. The zero-order chi connectivity index (χ0) is 23.7. The lowest BCUT2D eigenvalue weighted by atomic mass is 9.81. The molecule has 3 nitrogen and oxygen atoms in total. The Morgan fingerprint density at radius 2 is 1.46 bits per heavy atom. The first-order valence-corrected chi connectivity index (χ1v) is 11.9. The van der Waals surface area contributed by atoms with E-state index in [1.165, 1.54) is 22.3 Å². The smallest absolute Gasteiger partial charge is 0.504 e. The van der Waals surface area contributed by atoms with E-state index < -0.39 is 7.69 Å². The van der Waals surface area contributed by atoms with Gasteiger partial charge in [0.05, 0.1) is 0 Å². The van der Waals surface area contributed by atoms with Gasteiger partial charge in [-0.3, -0.25) is 0 Å². The molecule has 0 spiro atoms. The lowest BCUT2D eigenvalue weighted by Gasteiger charge is -2.22. The maximum absolute atomic E-state index is 9.51. The fraction of sp³-hybridized carbons (Fsp3) is 0.0968. The summed E-state index contributed by atoms with van der Waals surface area (Å²) in [5.41, 5.74) is 8.92. The third-order valence-corrected chi connectivity index (χ3v) is 7.57. The summed E-state index contributed by atoms with van der Waals surface area (Å²) in [6, 6.07) is 31.9. The summed E-state index contributed by atoms with van der Waals surface area (Å²) in [5, 5.41) is 13.7. The van der Waals surface area contributed by atoms with Gasteiger partial charge in [-0.1, -0.05) is 92.7 Å². The van der Waals surface area contributed by atoms with Crippen LogP contribution >= 0.6 is 0 Å². The van der Waals surface area contributed by atoms with Crippen LogP contribution in [0.4, 0.5) is 0 Å². The summed E-state index contributed by atoms with van der Waals surface area (Å²) in [4.78, 5) is 0. The van der Waals surface area contributed by atoms with Gasteiger partial charge in [-0.25, -0.2) is 0 Å². The molecule has 0 saturated heterocycles. The average molecular weight is 454 g/mol. The molecule has 1 aromatic heterocycles. The van der Waals surface area contributed by atoms with Crippen molar-refractivity contribution in [1.82, 2.24) is 0 Å². The van der Waals surface area contributed by atoms with Crippen LogP contribution in [0.1, 0.15) is 25.0 Å². The molecule has 7 rings (SSSR count). The molecular formula is C31H23BO3. The second kappa shape index (κ2) is 7.24. The van der Waals surface area contributed by atoms with Crippen LogP contribution in [0.3, 0.4) is 0 Å². The van der Waals surface area contributed by atoms with Crippen LogP contribution in [0.15, 0.2) is 95.4 Å². The first kappa shape index (κ1) is 20.4. The summed E-state index contributed by atoms with van der Waals surface area (Å²) < 4.78 is 12.1. The van der Waals surface area contributed by atoms with E-state index >= 15 is 0 Å². The molecule has 0 amide bonds. The molecule has 35 heavy (non-hydrogen) atoms. The van der Waals surface area contributed by atoms with Crippen LogP contribution in [0.5, 0.6) is 5.75 Å². The van der Waals surface area contributed by atoms with Crippen molar-refractivity contribution in [3.05, 3.63) is 102 Å². The molecule has 0 saturated carbocycles. The zero-order valence-electron chi connectivity index (χ0n) is 19.6. The molecule has 0 atom stereocenters. The molecule has 0 radical (unpaired) electrons. The summed E-state index contributed by atoms with van der Waals surface area (Å²) in [6.45, 7) is 4.60. The Labute approximate surface area is 203 Å². The van der Waals surface area contributed by atoms with Crippen LogP contribution in [-0.4, -0.2) is 12.7 Å². The van der Waals surface area contributed by atoms with Crippen molar-refractivity contribution in [1.29, 1.82) is 0 Å². The van der Waals surface area contributed by atoms with Gasteiger partial charge in [-0.2, -0.15) is 0 Å². The normalized spacial score (nSPS) is 13.8.